The van der Waals surface area contributed by atoms with Gasteiger partial charge in [0.25, 0.3) is 0 Å². The van der Waals surface area contributed by atoms with Crippen molar-refractivity contribution in [2.75, 3.05) is 0 Å². The van der Waals surface area contributed by atoms with Crippen molar-refractivity contribution < 1.29 is 0 Å². The number of aromatic nitrogens is 3. The first-order chi connectivity index (χ1) is 22.1. The Balaban J connectivity index is 1.36. The second kappa shape index (κ2) is 8.87. The first kappa shape index (κ1) is 25.1. The molecule has 9 aromatic rings. The molecule has 0 aliphatic heterocycles. The van der Waals surface area contributed by atoms with Gasteiger partial charge in [-0.05, 0) is 57.3 Å². The highest BCUT2D eigenvalue weighted by atomic mass is 32.1. The third-order valence-corrected chi connectivity index (χ3v) is 11.0. The Kier molecular flexibility index (Phi) is 4.94. The molecule has 1 aliphatic rings. The van der Waals surface area contributed by atoms with E-state index in [2.05, 4.69) is 146 Å². The number of nitrogens with zero attached hydrogens (tertiary/aromatic N) is 3. The van der Waals surface area contributed by atoms with Crippen molar-refractivity contribution in [3.63, 3.8) is 0 Å². The van der Waals surface area contributed by atoms with Gasteiger partial charge < -0.3 is 0 Å². The molecule has 1 aliphatic carbocycles. The average Bonchev–Trinajstić information content (AvgIpc) is 3.69. The van der Waals surface area contributed by atoms with Crippen molar-refractivity contribution in [2.45, 2.75) is 19.3 Å². The van der Waals surface area contributed by atoms with Crippen molar-refractivity contribution in [2.24, 2.45) is 0 Å². The maximum Gasteiger partial charge on any atom is 0.235 e. The molecule has 0 unspecified atom stereocenters. The molecule has 0 spiro atoms. The molecule has 0 amide bonds. The van der Waals surface area contributed by atoms with E-state index in [4.69, 9.17) is 9.97 Å². The largest absolute Gasteiger partial charge is 0.278 e. The third-order valence-electron chi connectivity index (χ3n) is 9.81. The van der Waals surface area contributed by atoms with Crippen LogP contribution in [0, 0.1) is 0 Å². The van der Waals surface area contributed by atoms with Crippen LogP contribution in [0.1, 0.15) is 25.0 Å². The van der Waals surface area contributed by atoms with Crippen LogP contribution in [0.2, 0.25) is 0 Å². The van der Waals surface area contributed by atoms with Gasteiger partial charge in [0.1, 0.15) is 0 Å². The lowest BCUT2D eigenvalue weighted by Gasteiger charge is -2.21. The Morgan fingerprint density at radius 1 is 0.600 bits per heavy atom. The third kappa shape index (κ3) is 3.35. The summed E-state index contributed by atoms with van der Waals surface area (Å²) in [7, 11) is 0. The Labute approximate surface area is 264 Å². The zero-order valence-electron chi connectivity index (χ0n) is 24.9. The highest BCUT2D eigenvalue weighted by molar-refractivity contribution is 7.26. The smallest absolute Gasteiger partial charge is 0.235 e. The van der Waals surface area contributed by atoms with Gasteiger partial charge in [-0.15, -0.1) is 11.3 Å². The maximum atomic E-state index is 5.38. The predicted octanol–water partition coefficient (Wildman–Crippen LogP) is 11.1. The first-order valence-corrected chi connectivity index (χ1v) is 16.2. The van der Waals surface area contributed by atoms with E-state index in [9.17, 15) is 0 Å². The molecule has 0 bridgehead atoms. The molecule has 3 aromatic heterocycles. The molecule has 0 saturated heterocycles. The van der Waals surface area contributed by atoms with E-state index in [1.165, 1.54) is 53.9 Å². The number of hydrogen-bond acceptors (Lipinski definition) is 3. The van der Waals surface area contributed by atoms with Crippen LogP contribution < -0.4 is 0 Å². The van der Waals surface area contributed by atoms with Crippen molar-refractivity contribution >= 4 is 64.2 Å². The zero-order chi connectivity index (χ0) is 29.9. The fourth-order valence-electron chi connectivity index (χ4n) is 7.68. The summed E-state index contributed by atoms with van der Waals surface area (Å²) in [5.74, 6) is 0.698. The summed E-state index contributed by atoms with van der Waals surface area (Å²) < 4.78 is 4.63. The molecule has 0 atom stereocenters. The van der Waals surface area contributed by atoms with Crippen LogP contribution in [-0.4, -0.2) is 14.5 Å². The minimum absolute atomic E-state index is 0.0550. The Morgan fingerprint density at radius 2 is 1.36 bits per heavy atom. The first-order valence-electron chi connectivity index (χ1n) is 15.4. The van der Waals surface area contributed by atoms with Crippen molar-refractivity contribution in [1.29, 1.82) is 0 Å². The van der Waals surface area contributed by atoms with Gasteiger partial charge in [-0.2, -0.15) is 0 Å². The van der Waals surface area contributed by atoms with Gasteiger partial charge in [-0.3, -0.25) is 4.57 Å². The number of para-hydroxylation sites is 1. The number of rotatable bonds is 2. The minimum atomic E-state index is -0.0550. The standard InChI is InChI=1S/C41H27N3S/c1-41(2)31-17-9-6-15-27(31)36-29-23-34-30(22-25(29)20-21-32(36)41)26-14-7-10-18-33(26)44(34)40-42-37(24-12-4-3-5-13-24)39-38(43-40)28-16-8-11-19-35(28)45-39/h3-23H,1-2H3. The predicted molar refractivity (Wildman–Crippen MR) is 190 cm³/mol. The van der Waals surface area contributed by atoms with E-state index in [0.717, 1.165) is 32.5 Å². The van der Waals surface area contributed by atoms with Gasteiger partial charge >= 0.3 is 0 Å². The van der Waals surface area contributed by atoms with Crippen molar-refractivity contribution in [3.05, 3.63) is 139 Å². The molecule has 45 heavy (non-hydrogen) atoms. The summed E-state index contributed by atoms with van der Waals surface area (Å²) in [6, 6.07) is 46.1. The number of hydrogen-bond donors (Lipinski definition) is 0. The molecule has 0 fully saturated rings. The van der Waals surface area contributed by atoms with E-state index in [-0.39, 0.29) is 5.41 Å². The molecular weight excluding hydrogens is 567 g/mol. The average molecular weight is 594 g/mol. The summed E-state index contributed by atoms with van der Waals surface area (Å²) in [5.41, 5.74) is 10.7. The van der Waals surface area contributed by atoms with Gasteiger partial charge in [-0.1, -0.05) is 117 Å². The molecule has 0 radical (unpaired) electrons. The van der Waals surface area contributed by atoms with E-state index >= 15 is 0 Å². The second-order valence-corrected chi connectivity index (χ2v) is 13.7. The van der Waals surface area contributed by atoms with E-state index in [1.54, 1.807) is 11.3 Å². The summed E-state index contributed by atoms with van der Waals surface area (Å²) in [4.78, 5) is 10.7. The second-order valence-electron chi connectivity index (χ2n) is 12.6. The van der Waals surface area contributed by atoms with Crippen LogP contribution in [-0.2, 0) is 5.41 Å². The van der Waals surface area contributed by atoms with Crippen LogP contribution in [0.5, 0.6) is 0 Å². The maximum absolute atomic E-state index is 5.38. The highest BCUT2D eigenvalue weighted by Crippen LogP contribution is 2.52. The lowest BCUT2D eigenvalue weighted by atomic mass is 9.82. The van der Waals surface area contributed by atoms with Crippen molar-refractivity contribution in [1.82, 2.24) is 14.5 Å². The van der Waals surface area contributed by atoms with Gasteiger partial charge in [0, 0.05) is 31.8 Å². The lowest BCUT2D eigenvalue weighted by Crippen LogP contribution is -2.14. The number of benzene rings is 6. The van der Waals surface area contributed by atoms with Crippen molar-refractivity contribution in [3.8, 4) is 28.3 Å². The fourth-order valence-corrected chi connectivity index (χ4v) is 8.83. The van der Waals surface area contributed by atoms with Crippen LogP contribution in [0.4, 0.5) is 0 Å². The van der Waals surface area contributed by atoms with Gasteiger partial charge in [0.05, 0.1) is 26.9 Å². The Morgan fingerprint density at radius 3 is 2.24 bits per heavy atom. The van der Waals surface area contributed by atoms with Gasteiger partial charge in [0.15, 0.2) is 0 Å². The number of fused-ring (bicyclic) bond motifs is 11. The summed E-state index contributed by atoms with van der Waals surface area (Å²) in [6.07, 6.45) is 0. The molecule has 10 rings (SSSR count). The normalized spacial score (nSPS) is 13.7. The molecule has 3 nitrogen and oxygen atoms in total. The molecule has 212 valence electrons. The van der Waals surface area contributed by atoms with E-state index < -0.39 is 0 Å². The monoisotopic (exact) mass is 593 g/mol. The highest BCUT2D eigenvalue weighted by Gasteiger charge is 2.36. The summed E-state index contributed by atoms with van der Waals surface area (Å²) in [6.45, 7) is 4.69. The minimum Gasteiger partial charge on any atom is -0.278 e. The SMILES string of the molecule is CC1(C)c2ccccc2-c2c1ccc1cc3c4ccccc4n(-c4nc(-c5ccccc5)c5sc6ccccc6c5n4)c3cc21. The van der Waals surface area contributed by atoms with Crippen LogP contribution in [0.25, 0.3) is 81.2 Å². The van der Waals surface area contributed by atoms with E-state index in [0.29, 0.717) is 5.95 Å². The lowest BCUT2D eigenvalue weighted by molar-refractivity contribution is 0.661. The topological polar surface area (TPSA) is 30.7 Å². The van der Waals surface area contributed by atoms with E-state index in [1.807, 2.05) is 0 Å². The van der Waals surface area contributed by atoms with Crippen LogP contribution in [0.15, 0.2) is 127 Å². The quantitative estimate of drug-likeness (QED) is 0.200. The van der Waals surface area contributed by atoms with Crippen LogP contribution >= 0.6 is 11.3 Å². The fraction of sp³-hybridized carbons (Fsp3) is 0.0732. The van der Waals surface area contributed by atoms with Gasteiger partial charge in [-0.25, -0.2) is 9.97 Å². The van der Waals surface area contributed by atoms with Gasteiger partial charge in [0.2, 0.25) is 5.95 Å². The molecule has 0 N–H and O–H groups in total. The molecule has 3 heterocycles. The number of thiophene rings is 1. The molecule has 4 heteroatoms. The molecular formula is C41H27N3S. The van der Waals surface area contributed by atoms with Crippen LogP contribution in [0.3, 0.4) is 0 Å². The summed E-state index contributed by atoms with van der Waals surface area (Å²) >= 11 is 1.77. The Hall–Kier alpha value is -5.32. The Bertz CT molecular complexity index is 2680. The summed E-state index contributed by atoms with van der Waals surface area (Å²) in [5, 5.41) is 6.11. The molecule has 0 saturated carbocycles. The zero-order valence-corrected chi connectivity index (χ0v) is 25.7. The molecule has 6 aromatic carbocycles.